The van der Waals surface area contributed by atoms with E-state index in [9.17, 15) is 4.79 Å². The van der Waals surface area contributed by atoms with E-state index in [0.29, 0.717) is 21.7 Å². The molecule has 130 valence electrons. The molecule has 0 saturated heterocycles. The third-order valence-corrected chi connectivity index (χ3v) is 5.61. The average molecular weight is 394 g/mol. The number of nitrogens with zero attached hydrogens (tertiary/aromatic N) is 2. The van der Waals surface area contributed by atoms with Crippen molar-refractivity contribution in [1.29, 1.82) is 0 Å². The first kappa shape index (κ1) is 18.0. The highest BCUT2D eigenvalue weighted by molar-refractivity contribution is 7.99. The minimum atomic E-state index is -0.0863. The molecular formula is C17H16ClN3O2S2. The zero-order valence-corrected chi connectivity index (χ0v) is 16.1. The molecule has 5 nitrogen and oxygen atoms in total. The largest absolute Gasteiger partial charge is 0.361 e. The fourth-order valence-corrected chi connectivity index (χ4v) is 4.17. The Morgan fingerprint density at radius 1 is 1.36 bits per heavy atom. The second-order valence-electron chi connectivity index (χ2n) is 5.36. The topological polar surface area (TPSA) is 68.0 Å². The molecule has 0 atom stereocenters. The average Bonchev–Trinajstić information content (AvgIpc) is 3.16. The van der Waals surface area contributed by atoms with E-state index in [-0.39, 0.29) is 5.91 Å². The maximum absolute atomic E-state index is 12.1. The van der Waals surface area contributed by atoms with Gasteiger partial charge in [0.15, 0.2) is 5.13 Å². The number of thioether (sulfide) groups is 1. The van der Waals surface area contributed by atoms with Gasteiger partial charge in [-0.25, -0.2) is 4.98 Å². The summed E-state index contributed by atoms with van der Waals surface area (Å²) in [5.74, 6) is 1.74. The Labute approximate surface area is 158 Å². The SMILES string of the molecule is Cc1noc(C)c1CSCC(=O)Nc1nc(-c2ccccc2Cl)cs1. The van der Waals surface area contributed by atoms with Crippen molar-refractivity contribution in [2.45, 2.75) is 19.6 Å². The van der Waals surface area contributed by atoms with Crippen LogP contribution in [0.15, 0.2) is 34.2 Å². The molecule has 0 saturated carbocycles. The summed E-state index contributed by atoms with van der Waals surface area (Å²) in [6.07, 6.45) is 0. The Morgan fingerprint density at radius 3 is 2.88 bits per heavy atom. The maximum Gasteiger partial charge on any atom is 0.236 e. The summed E-state index contributed by atoms with van der Waals surface area (Å²) >= 11 is 9.08. The molecule has 2 aromatic heterocycles. The van der Waals surface area contributed by atoms with Gasteiger partial charge in [0, 0.05) is 27.3 Å². The molecule has 0 unspecified atom stereocenters. The van der Waals surface area contributed by atoms with Crippen molar-refractivity contribution in [2.75, 3.05) is 11.1 Å². The van der Waals surface area contributed by atoms with Crippen LogP contribution in [0.25, 0.3) is 11.3 Å². The van der Waals surface area contributed by atoms with Crippen LogP contribution in [0.1, 0.15) is 17.0 Å². The molecule has 0 spiro atoms. The van der Waals surface area contributed by atoms with Gasteiger partial charge in [0.1, 0.15) is 5.76 Å². The lowest BCUT2D eigenvalue weighted by Gasteiger charge is -2.02. The van der Waals surface area contributed by atoms with Crippen molar-refractivity contribution in [3.8, 4) is 11.3 Å². The van der Waals surface area contributed by atoms with Crippen LogP contribution in [0.4, 0.5) is 5.13 Å². The first-order valence-electron chi connectivity index (χ1n) is 7.54. The molecule has 0 aliphatic carbocycles. The number of halogens is 1. The number of carbonyl (C=O) groups is 1. The number of rotatable bonds is 6. The first-order valence-corrected chi connectivity index (χ1v) is 9.95. The number of hydrogen-bond acceptors (Lipinski definition) is 6. The third-order valence-electron chi connectivity index (χ3n) is 3.56. The summed E-state index contributed by atoms with van der Waals surface area (Å²) in [4.78, 5) is 16.5. The Bertz CT molecular complexity index is 872. The predicted octanol–water partition coefficient (Wildman–Crippen LogP) is 4.94. The second kappa shape index (κ2) is 8.03. The van der Waals surface area contributed by atoms with Gasteiger partial charge in [0.25, 0.3) is 0 Å². The molecule has 0 bridgehead atoms. The number of carbonyl (C=O) groups excluding carboxylic acids is 1. The normalized spacial score (nSPS) is 10.8. The van der Waals surface area contributed by atoms with Crippen molar-refractivity contribution in [3.05, 3.63) is 51.7 Å². The van der Waals surface area contributed by atoms with E-state index in [0.717, 1.165) is 28.3 Å². The van der Waals surface area contributed by atoms with E-state index in [2.05, 4.69) is 15.5 Å². The number of nitrogens with one attached hydrogen (secondary N) is 1. The maximum atomic E-state index is 12.1. The van der Waals surface area contributed by atoms with Crippen molar-refractivity contribution in [3.63, 3.8) is 0 Å². The molecule has 0 radical (unpaired) electrons. The van der Waals surface area contributed by atoms with Gasteiger partial charge in [-0.15, -0.1) is 23.1 Å². The fraction of sp³-hybridized carbons (Fsp3) is 0.235. The van der Waals surface area contributed by atoms with Crippen LogP contribution in [0.2, 0.25) is 5.02 Å². The molecule has 0 aliphatic rings. The van der Waals surface area contributed by atoms with Gasteiger partial charge >= 0.3 is 0 Å². The Morgan fingerprint density at radius 2 is 2.16 bits per heavy atom. The summed E-state index contributed by atoms with van der Waals surface area (Å²) in [7, 11) is 0. The lowest BCUT2D eigenvalue weighted by atomic mass is 10.2. The molecule has 1 N–H and O–H groups in total. The van der Waals surface area contributed by atoms with E-state index in [1.165, 1.54) is 23.1 Å². The summed E-state index contributed by atoms with van der Waals surface area (Å²) in [5, 5.41) is 9.83. The van der Waals surface area contributed by atoms with Gasteiger partial charge in [-0.1, -0.05) is 35.0 Å². The van der Waals surface area contributed by atoms with Crippen LogP contribution in [-0.2, 0) is 10.5 Å². The van der Waals surface area contributed by atoms with E-state index >= 15 is 0 Å². The van der Waals surface area contributed by atoms with Crippen molar-refractivity contribution in [2.24, 2.45) is 0 Å². The Balaban J connectivity index is 1.54. The van der Waals surface area contributed by atoms with Crippen molar-refractivity contribution < 1.29 is 9.32 Å². The zero-order chi connectivity index (χ0) is 17.8. The highest BCUT2D eigenvalue weighted by atomic mass is 35.5. The summed E-state index contributed by atoms with van der Waals surface area (Å²) in [6, 6.07) is 7.50. The molecule has 0 aliphatic heterocycles. The van der Waals surface area contributed by atoms with Crippen LogP contribution in [0, 0.1) is 13.8 Å². The monoisotopic (exact) mass is 393 g/mol. The van der Waals surface area contributed by atoms with Crippen LogP contribution in [-0.4, -0.2) is 21.8 Å². The smallest absolute Gasteiger partial charge is 0.236 e. The third kappa shape index (κ3) is 4.42. The van der Waals surface area contributed by atoms with Crippen molar-refractivity contribution in [1.82, 2.24) is 10.1 Å². The lowest BCUT2D eigenvalue weighted by Crippen LogP contribution is -2.14. The van der Waals surface area contributed by atoms with E-state index in [1.54, 1.807) is 0 Å². The molecule has 1 aromatic carbocycles. The summed E-state index contributed by atoms with van der Waals surface area (Å²) in [5.41, 5.74) is 3.53. The van der Waals surface area contributed by atoms with E-state index in [1.807, 2.05) is 43.5 Å². The molecular weight excluding hydrogens is 378 g/mol. The van der Waals surface area contributed by atoms with Gasteiger partial charge in [0.05, 0.1) is 17.1 Å². The highest BCUT2D eigenvalue weighted by Gasteiger charge is 2.12. The number of thiazole rings is 1. The number of aryl methyl sites for hydroxylation is 2. The van der Waals surface area contributed by atoms with Gasteiger partial charge in [-0.3, -0.25) is 4.79 Å². The molecule has 3 rings (SSSR count). The highest BCUT2D eigenvalue weighted by Crippen LogP contribution is 2.30. The Kier molecular flexibility index (Phi) is 5.78. The molecule has 0 fully saturated rings. The van der Waals surface area contributed by atoms with Crippen LogP contribution in [0.3, 0.4) is 0 Å². The van der Waals surface area contributed by atoms with E-state index in [4.69, 9.17) is 16.1 Å². The molecule has 3 aromatic rings. The van der Waals surface area contributed by atoms with Gasteiger partial charge in [0.2, 0.25) is 5.91 Å². The molecule has 25 heavy (non-hydrogen) atoms. The fourth-order valence-electron chi connectivity index (χ4n) is 2.23. The summed E-state index contributed by atoms with van der Waals surface area (Å²) < 4.78 is 5.12. The number of anilines is 1. The van der Waals surface area contributed by atoms with Crippen LogP contribution < -0.4 is 5.32 Å². The predicted molar refractivity (Wildman–Crippen MR) is 103 cm³/mol. The standard InChI is InChI=1S/C17H16ClN3O2S2/c1-10-13(11(2)23-21-10)7-24-9-16(22)20-17-19-15(8-25-17)12-5-3-4-6-14(12)18/h3-6,8H,7,9H2,1-2H3,(H,19,20,22). The summed E-state index contributed by atoms with van der Waals surface area (Å²) in [6.45, 7) is 3.78. The van der Waals surface area contributed by atoms with Crippen molar-refractivity contribution >= 4 is 45.7 Å². The minimum absolute atomic E-state index is 0.0863. The lowest BCUT2D eigenvalue weighted by molar-refractivity contribution is -0.113. The van der Waals surface area contributed by atoms with Crippen LogP contribution in [0.5, 0.6) is 0 Å². The Hall–Kier alpha value is -1.83. The zero-order valence-electron chi connectivity index (χ0n) is 13.7. The number of benzene rings is 1. The molecule has 2 heterocycles. The van der Waals surface area contributed by atoms with E-state index < -0.39 is 0 Å². The molecule has 1 amide bonds. The van der Waals surface area contributed by atoms with Gasteiger partial charge in [-0.05, 0) is 19.9 Å². The minimum Gasteiger partial charge on any atom is -0.361 e. The van der Waals surface area contributed by atoms with Crippen LogP contribution >= 0.6 is 34.7 Å². The number of hydrogen-bond donors (Lipinski definition) is 1. The number of amides is 1. The molecule has 8 heteroatoms. The van der Waals surface area contributed by atoms with Gasteiger partial charge < -0.3 is 9.84 Å². The number of aromatic nitrogens is 2. The van der Waals surface area contributed by atoms with Gasteiger partial charge in [-0.2, -0.15) is 0 Å². The quantitative estimate of drug-likeness (QED) is 0.642. The first-order chi connectivity index (χ1) is 12.0. The second-order valence-corrected chi connectivity index (χ2v) is 7.61.